The van der Waals surface area contributed by atoms with Crippen molar-refractivity contribution in [1.29, 1.82) is 0 Å². The number of hydrogen-bond donors (Lipinski definition) is 1. The molecule has 2 rings (SSSR count). The van der Waals surface area contributed by atoms with Crippen molar-refractivity contribution in [3.05, 3.63) is 29.8 Å². The minimum Gasteiger partial charge on any atom is -0.496 e. The molecule has 1 aliphatic carbocycles. The van der Waals surface area contributed by atoms with E-state index in [1.807, 2.05) is 0 Å². The second kappa shape index (κ2) is 5.73. The summed E-state index contributed by atoms with van der Waals surface area (Å²) in [5.74, 6) is -0.385. The summed E-state index contributed by atoms with van der Waals surface area (Å²) in [7, 11) is 1.48. The van der Waals surface area contributed by atoms with Crippen molar-refractivity contribution >= 4 is 11.9 Å². The zero-order valence-corrected chi connectivity index (χ0v) is 11.0. The molecule has 0 aromatic heterocycles. The first-order valence-electron chi connectivity index (χ1n) is 6.26. The van der Waals surface area contributed by atoms with Crippen molar-refractivity contribution in [2.24, 2.45) is 0 Å². The molecule has 0 spiro atoms. The van der Waals surface area contributed by atoms with Crippen molar-refractivity contribution in [3.63, 3.8) is 0 Å². The Kier molecular flexibility index (Phi) is 4.04. The Morgan fingerprint density at radius 1 is 1.32 bits per heavy atom. The van der Waals surface area contributed by atoms with E-state index in [0.29, 0.717) is 11.3 Å². The maximum absolute atomic E-state index is 12.0. The molecule has 102 valence electrons. The highest BCUT2D eigenvalue weighted by atomic mass is 16.5. The van der Waals surface area contributed by atoms with Gasteiger partial charge in [0.05, 0.1) is 7.11 Å². The van der Waals surface area contributed by atoms with Gasteiger partial charge in [0.1, 0.15) is 11.3 Å². The summed E-state index contributed by atoms with van der Waals surface area (Å²) in [4.78, 5) is 23.7. The molecule has 1 atom stereocenters. The summed E-state index contributed by atoms with van der Waals surface area (Å²) in [5.41, 5.74) is 0.316. The number of carbonyl (C=O) groups is 2. The summed E-state index contributed by atoms with van der Waals surface area (Å²) in [5, 5.41) is 2.79. The van der Waals surface area contributed by atoms with Crippen LogP contribution >= 0.6 is 0 Å². The van der Waals surface area contributed by atoms with Gasteiger partial charge in [-0.2, -0.15) is 0 Å². The molecule has 1 aromatic rings. The van der Waals surface area contributed by atoms with E-state index in [9.17, 15) is 9.59 Å². The number of nitrogens with one attached hydrogen (secondary N) is 1. The van der Waals surface area contributed by atoms with Crippen LogP contribution in [-0.4, -0.2) is 31.1 Å². The quantitative estimate of drug-likeness (QED) is 0.818. The van der Waals surface area contributed by atoms with Crippen molar-refractivity contribution < 1.29 is 19.1 Å². The molecule has 0 radical (unpaired) electrons. The number of hydrogen-bond acceptors (Lipinski definition) is 4. The molecule has 1 N–H and O–H groups in total. The molecule has 5 nitrogen and oxygen atoms in total. The standard InChI is InChI=1S/C14H17NO4/c1-9(13(16)15-10-7-8-10)19-14(17)11-5-3-4-6-12(11)18-2/h3-6,9-10H,7-8H2,1-2H3,(H,15,16). The molecule has 1 saturated carbocycles. The molecule has 1 unspecified atom stereocenters. The van der Waals surface area contributed by atoms with E-state index < -0.39 is 12.1 Å². The van der Waals surface area contributed by atoms with Gasteiger partial charge in [0.2, 0.25) is 0 Å². The highest BCUT2D eigenvalue weighted by Gasteiger charge is 2.27. The SMILES string of the molecule is COc1ccccc1C(=O)OC(C)C(=O)NC1CC1. The van der Waals surface area contributed by atoms with Gasteiger partial charge in [0.15, 0.2) is 6.10 Å². The largest absolute Gasteiger partial charge is 0.496 e. The van der Waals surface area contributed by atoms with Crippen LogP contribution in [0, 0.1) is 0 Å². The maximum atomic E-state index is 12.0. The number of carbonyl (C=O) groups excluding carboxylic acids is 2. The van der Waals surface area contributed by atoms with E-state index in [1.54, 1.807) is 31.2 Å². The van der Waals surface area contributed by atoms with Crippen molar-refractivity contribution in [3.8, 4) is 5.75 Å². The van der Waals surface area contributed by atoms with Gasteiger partial charge in [-0.05, 0) is 31.9 Å². The number of rotatable bonds is 5. The lowest BCUT2D eigenvalue weighted by Crippen LogP contribution is -2.37. The molecule has 1 fully saturated rings. The van der Waals surface area contributed by atoms with Crippen LogP contribution in [0.15, 0.2) is 24.3 Å². The zero-order chi connectivity index (χ0) is 13.8. The Bertz CT molecular complexity index is 482. The summed E-state index contributed by atoms with van der Waals surface area (Å²) in [6.07, 6.45) is 1.19. The number of methoxy groups -OCH3 is 1. The Morgan fingerprint density at radius 3 is 2.63 bits per heavy atom. The van der Waals surface area contributed by atoms with Gasteiger partial charge < -0.3 is 14.8 Å². The average molecular weight is 263 g/mol. The van der Waals surface area contributed by atoms with Crippen LogP contribution in [0.4, 0.5) is 0 Å². The van der Waals surface area contributed by atoms with E-state index in [0.717, 1.165) is 12.8 Å². The summed E-state index contributed by atoms with van der Waals surface area (Å²) >= 11 is 0. The lowest BCUT2D eigenvalue weighted by atomic mass is 10.2. The van der Waals surface area contributed by atoms with Crippen LogP contribution in [0.1, 0.15) is 30.1 Å². The van der Waals surface area contributed by atoms with Gasteiger partial charge in [-0.25, -0.2) is 4.79 Å². The molecular formula is C14H17NO4. The number of amides is 1. The fourth-order valence-corrected chi connectivity index (χ4v) is 1.64. The molecular weight excluding hydrogens is 246 g/mol. The number of esters is 1. The molecule has 5 heteroatoms. The Labute approximate surface area is 111 Å². The second-order valence-electron chi connectivity index (χ2n) is 4.53. The Morgan fingerprint density at radius 2 is 2.00 bits per heavy atom. The number of para-hydroxylation sites is 1. The molecule has 1 amide bonds. The highest BCUT2D eigenvalue weighted by molar-refractivity contribution is 5.94. The molecule has 0 saturated heterocycles. The maximum Gasteiger partial charge on any atom is 0.342 e. The van der Waals surface area contributed by atoms with E-state index in [4.69, 9.17) is 9.47 Å². The van der Waals surface area contributed by atoms with Crippen LogP contribution in [0.2, 0.25) is 0 Å². The van der Waals surface area contributed by atoms with Crippen LogP contribution in [0.5, 0.6) is 5.75 Å². The summed E-state index contributed by atoms with van der Waals surface area (Å²) < 4.78 is 10.2. The molecule has 19 heavy (non-hydrogen) atoms. The molecule has 1 aromatic carbocycles. The zero-order valence-electron chi connectivity index (χ0n) is 11.0. The third kappa shape index (κ3) is 3.47. The van der Waals surface area contributed by atoms with Gasteiger partial charge in [-0.15, -0.1) is 0 Å². The molecule has 0 bridgehead atoms. The van der Waals surface area contributed by atoms with Crippen molar-refractivity contribution in [1.82, 2.24) is 5.32 Å². The monoisotopic (exact) mass is 263 g/mol. The van der Waals surface area contributed by atoms with Gasteiger partial charge in [-0.1, -0.05) is 12.1 Å². The molecule has 1 aliphatic rings. The first-order chi connectivity index (χ1) is 9.11. The van der Waals surface area contributed by atoms with Crippen LogP contribution in [0.25, 0.3) is 0 Å². The lowest BCUT2D eigenvalue weighted by molar-refractivity contribution is -0.129. The first kappa shape index (κ1) is 13.4. The van der Waals surface area contributed by atoms with Crippen molar-refractivity contribution in [2.75, 3.05) is 7.11 Å². The van der Waals surface area contributed by atoms with Crippen molar-refractivity contribution in [2.45, 2.75) is 31.9 Å². The van der Waals surface area contributed by atoms with E-state index in [1.165, 1.54) is 7.11 Å². The Hall–Kier alpha value is -2.04. The Balaban J connectivity index is 1.97. The summed E-state index contributed by atoms with van der Waals surface area (Å²) in [6.45, 7) is 1.56. The third-order valence-electron chi connectivity index (χ3n) is 2.90. The van der Waals surface area contributed by atoms with E-state index >= 15 is 0 Å². The molecule has 0 aliphatic heterocycles. The second-order valence-corrected chi connectivity index (χ2v) is 4.53. The van der Waals surface area contributed by atoms with Gasteiger partial charge >= 0.3 is 5.97 Å². The minimum absolute atomic E-state index is 0.250. The number of ether oxygens (including phenoxy) is 2. The normalized spacial score (nSPS) is 15.5. The fraction of sp³-hybridized carbons (Fsp3) is 0.429. The predicted molar refractivity (Wildman–Crippen MR) is 69.0 cm³/mol. The fourth-order valence-electron chi connectivity index (χ4n) is 1.64. The third-order valence-corrected chi connectivity index (χ3v) is 2.90. The predicted octanol–water partition coefficient (Wildman–Crippen LogP) is 1.52. The summed E-state index contributed by atoms with van der Waals surface area (Å²) in [6, 6.07) is 7.00. The van der Waals surface area contributed by atoms with E-state index in [2.05, 4.69) is 5.32 Å². The minimum atomic E-state index is -0.807. The highest BCUT2D eigenvalue weighted by Crippen LogP contribution is 2.20. The number of benzene rings is 1. The van der Waals surface area contributed by atoms with Gasteiger partial charge in [0.25, 0.3) is 5.91 Å². The van der Waals surface area contributed by atoms with Crippen LogP contribution < -0.4 is 10.1 Å². The smallest absolute Gasteiger partial charge is 0.342 e. The van der Waals surface area contributed by atoms with Crippen LogP contribution in [-0.2, 0) is 9.53 Å². The first-order valence-corrected chi connectivity index (χ1v) is 6.26. The topological polar surface area (TPSA) is 64.6 Å². The average Bonchev–Trinajstić information content (AvgIpc) is 3.22. The molecule has 0 heterocycles. The van der Waals surface area contributed by atoms with Gasteiger partial charge in [0, 0.05) is 6.04 Å². The van der Waals surface area contributed by atoms with Crippen LogP contribution in [0.3, 0.4) is 0 Å². The van der Waals surface area contributed by atoms with E-state index in [-0.39, 0.29) is 11.9 Å². The van der Waals surface area contributed by atoms with Gasteiger partial charge in [-0.3, -0.25) is 4.79 Å². The lowest BCUT2D eigenvalue weighted by Gasteiger charge is -2.14.